The molecule has 7 heteroatoms. The zero-order valence-corrected chi connectivity index (χ0v) is 13.7. The number of urea groups is 1. The standard InChI is InChI=1S/C10H16N2O3S.Bi/c13-8(14)4-2-1-3-7-9-6(5-16-7)11-10(15)12-9;/h6-7,9H,1-5H2,(H,13,14)(H2,11,12,15);/t6-,7-,9-;/m0./s1. The zero-order valence-electron chi connectivity index (χ0n) is 9.39. The van der Waals surface area contributed by atoms with E-state index in [1.165, 1.54) is 0 Å². The number of carboxylic acids is 1. The molecule has 2 amide bonds. The SMILES string of the molecule is O=C(O)CCCC[C@@H]1SC[C@@H]2NC(=O)N[C@@H]21.[Bi]. The summed E-state index contributed by atoms with van der Waals surface area (Å²) in [4.78, 5) is 21.5. The minimum atomic E-state index is -0.729. The molecule has 3 atom stereocenters. The molecule has 5 nitrogen and oxygen atoms in total. The smallest absolute Gasteiger partial charge is 0.315 e. The summed E-state index contributed by atoms with van der Waals surface area (Å²) in [5.74, 6) is 0.236. The van der Waals surface area contributed by atoms with Crippen LogP contribution in [0.15, 0.2) is 0 Å². The Morgan fingerprint density at radius 3 is 2.88 bits per heavy atom. The van der Waals surface area contributed by atoms with Gasteiger partial charge in [0.25, 0.3) is 0 Å². The van der Waals surface area contributed by atoms with Crippen LogP contribution >= 0.6 is 11.8 Å². The predicted octanol–water partition coefficient (Wildman–Crippen LogP) is 0.416. The minimum Gasteiger partial charge on any atom is -0.481 e. The molecule has 3 radical (unpaired) electrons. The Morgan fingerprint density at radius 2 is 2.18 bits per heavy atom. The first-order valence-electron chi connectivity index (χ1n) is 5.57. The molecule has 2 aliphatic heterocycles. The zero-order chi connectivity index (χ0) is 11.5. The molecule has 2 saturated heterocycles. The number of nitrogens with one attached hydrogen (secondary N) is 2. The number of aliphatic carboxylic acids is 1. The number of unbranched alkanes of at least 4 members (excludes halogenated alkanes) is 1. The summed E-state index contributed by atoms with van der Waals surface area (Å²) in [5, 5.41) is 14.8. The number of carbonyl (C=O) groups is 2. The van der Waals surface area contributed by atoms with Crippen LogP contribution in [0.25, 0.3) is 0 Å². The molecule has 2 rings (SSSR count). The molecule has 3 N–H and O–H groups in total. The van der Waals surface area contributed by atoms with Crippen LogP contribution in [-0.4, -0.2) is 66.4 Å². The fourth-order valence-corrected chi connectivity index (χ4v) is 3.81. The summed E-state index contributed by atoms with van der Waals surface area (Å²) < 4.78 is 0. The van der Waals surface area contributed by atoms with Crippen molar-refractivity contribution in [2.24, 2.45) is 0 Å². The molecule has 0 aromatic rings. The van der Waals surface area contributed by atoms with E-state index in [0.717, 1.165) is 25.0 Å². The van der Waals surface area contributed by atoms with Crippen molar-refractivity contribution in [2.45, 2.75) is 43.0 Å². The van der Waals surface area contributed by atoms with Crippen molar-refractivity contribution in [2.75, 3.05) is 5.75 Å². The molecule has 2 aliphatic rings. The quantitative estimate of drug-likeness (QED) is 0.321. The van der Waals surface area contributed by atoms with E-state index in [4.69, 9.17) is 5.11 Å². The van der Waals surface area contributed by atoms with Crippen LogP contribution in [0.2, 0.25) is 0 Å². The summed E-state index contributed by atoms with van der Waals surface area (Å²) in [6.45, 7) is 0. The van der Waals surface area contributed by atoms with E-state index in [1.807, 2.05) is 11.8 Å². The van der Waals surface area contributed by atoms with Crippen LogP contribution in [0.3, 0.4) is 0 Å². The average Bonchev–Trinajstić information content (AvgIpc) is 2.72. The molecule has 0 bridgehead atoms. The fraction of sp³-hybridized carbons (Fsp3) is 0.800. The number of hydrogen-bond donors (Lipinski definition) is 3. The molecule has 2 heterocycles. The first kappa shape index (κ1) is 15.0. The van der Waals surface area contributed by atoms with Gasteiger partial charge in [-0.3, -0.25) is 4.79 Å². The molecular formula is C10H16BiN2O3S. The van der Waals surface area contributed by atoms with E-state index < -0.39 is 5.97 Å². The van der Waals surface area contributed by atoms with Crippen LogP contribution in [0.5, 0.6) is 0 Å². The van der Waals surface area contributed by atoms with E-state index in [1.54, 1.807) is 0 Å². The number of amides is 2. The fourth-order valence-electron chi connectivity index (χ4n) is 2.26. The number of carboxylic acid groups (broad SMARTS) is 1. The second-order valence-electron chi connectivity index (χ2n) is 4.26. The maximum atomic E-state index is 11.1. The van der Waals surface area contributed by atoms with Gasteiger partial charge in [-0.05, 0) is 12.8 Å². The molecule has 2 fully saturated rings. The summed E-state index contributed by atoms with van der Waals surface area (Å²) in [5.41, 5.74) is 0. The maximum Gasteiger partial charge on any atom is 0.315 e. The molecule has 95 valence electrons. The van der Waals surface area contributed by atoms with Crippen molar-refractivity contribution in [1.82, 2.24) is 10.6 Å². The van der Waals surface area contributed by atoms with Crippen LogP contribution in [0.1, 0.15) is 25.7 Å². The van der Waals surface area contributed by atoms with Crippen LogP contribution in [0.4, 0.5) is 4.79 Å². The molecule has 0 spiro atoms. The molecule has 0 aromatic heterocycles. The number of carbonyl (C=O) groups excluding carboxylic acids is 1. The van der Waals surface area contributed by atoms with Gasteiger partial charge < -0.3 is 15.7 Å². The van der Waals surface area contributed by atoms with Crippen molar-refractivity contribution in [3.63, 3.8) is 0 Å². The molecule has 0 unspecified atom stereocenters. The summed E-state index contributed by atoms with van der Waals surface area (Å²) in [7, 11) is 0. The van der Waals surface area contributed by atoms with Gasteiger partial charge in [0.1, 0.15) is 0 Å². The number of rotatable bonds is 5. The first-order chi connectivity index (χ1) is 7.66. The van der Waals surface area contributed by atoms with Crippen molar-refractivity contribution in [3.05, 3.63) is 0 Å². The average molecular weight is 453 g/mol. The predicted molar refractivity (Wildman–Crippen MR) is 67.3 cm³/mol. The van der Waals surface area contributed by atoms with Crippen molar-refractivity contribution in [3.8, 4) is 0 Å². The minimum absolute atomic E-state index is 0. The van der Waals surface area contributed by atoms with E-state index in [0.29, 0.717) is 5.25 Å². The van der Waals surface area contributed by atoms with Gasteiger partial charge in [0.05, 0.1) is 12.1 Å². The maximum absolute atomic E-state index is 11.1. The Bertz CT molecular complexity index is 303. The Kier molecular flexibility index (Phi) is 6.00. The molecule has 0 aliphatic carbocycles. The summed E-state index contributed by atoms with van der Waals surface area (Å²) >= 11 is 1.87. The van der Waals surface area contributed by atoms with Gasteiger partial charge in [-0.25, -0.2) is 4.79 Å². The molecule has 0 aromatic carbocycles. The Balaban J connectivity index is 0.00000144. The normalized spacial score (nSPS) is 30.1. The number of hydrogen-bond acceptors (Lipinski definition) is 3. The van der Waals surface area contributed by atoms with Gasteiger partial charge >= 0.3 is 12.0 Å². The van der Waals surface area contributed by atoms with Gasteiger partial charge in [0.2, 0.25) is 0 Å². The Hall–Kier alpha value is -0.0269. The third kappa shape index (κ3) is 3.99. The monoisotopic (exact) mass is 453 g/mol. The Morgan fingerprint density at radius 1 is 1.41 bits per heavy atom. The van der Waals surface area contributed by atoms with Gasteiger partial charge in [0, 0.05) is 43.6 Å². The van der Waals surface area contributed by atoms with Crippen molar-refractivity contribution >= 4 is 50.0 Å². The summed E-state index contributed by atoms with van der Waals surface area (Å²) in [6, 6.07) is 0.440. The van der Waals surface area contributed by atoms with E-state index in [2.05, 4.69) is 10.6 Å². The number of thioether (sulfide) groups is 1. The molecule has 17 heavy (non-hydrogen) atoms. The van der Waals surface area contributed by atoms with Crippen LogP contribution in [0, 0.1) is 0 Å². The van der Waals surface area contributed by atoms with E-state index >= 15 is 0 Å². The second kappa shape index (κ2) is 6.79. The van der Waals surface area contributed by atoms with E-state index in [-0.39, 0.29) is 50.7 Å². The van der Waals surface area contributed by atoms with Gasteiger partial charge in [0.15, 0.2) is 0 Å². The van der Waals surface area contributed by atoms with Gasteiger partial charge in [-0.1, -0.05) is 6.42 Å². The van der Waals surface area contributed by atoms with Crippen molar-refractivity contribution < 1.29 is 14.7 Å². The Labute approximate surface area is 124 Å². The van der Waals surface area contributed by atoms with Crippen molar-refractivity contribution in [1.29, 1.82) is 0 Å². The van der Waals surface area contributed by atoms with Crippen LogP contribution in [-0.2, 0) is 4.79 Å². The first-order valence-corrected chi connectivity index (χ1v) is 6.62. The second-order valence-corrected chi connectivity index (χ2v) is 5.53. The van der Waals surface area contributed by atoms with Crippen LogP contribution < -0.4 is 10.6 Å². The third-order valence-corrected chi connectivity index (χ3v) is 4.58. The van der Waals surface area contributed by atoms with E-state index in [9.17, 15) is 9.59 Å². The van der Waals surface area contributed by atoms with Gasteiger partial charge in [-0.15, -0.1) is 0 Å². The molecular weight excluding hydrogens is 437 g/mol. The third-order valence-electron chi connectivity index (χ3n) is 3.07. The molecule has 0 saturated carbocycles. The van der Waals surface area contributed by atoms with Gasteiger partial charge in [-0.2, -0.15) is 11.8 Å². The number of fused-ring (bicyclic) bond motifs is 1. The largest absolute Gasteiger partial charge is 0.481 e. The summed E-state index contributed by atoms with van der Waals surface area (Å²) in [6.07, 6.45) is 2.88. The topological polar surface area (TPSA) is 78.4 Å².